The number of imidazole rings is 1. The molecule has 5 heterocycles. The second kappa shape index (κ2) is 12.4. The molecule has 7 rings (SSSR count). The second-order valence-electron chi connectivity index (χ2n) is 11.1. The van der Waals surface area contributed by atoms with Crippen molar-refractivity contribution in [1.82, 2.24) is 34.4 Å². The minimum absolute atomic E-state index is 0.172. The molecule has 6 aromatic rings. The van der Waals surface area contributed by atoms with E-state index in [9.17, 15) is 5.26 Å². The van der Waals surface area contributed by atoms with Gasteiger partial charge in [0.15, 0.2) is 11.5 Å². The molecule has 0 amide bonds. The smallest absolute Gasteiger partial charge is 0.234 e. The third-order valence-electron chi connectivity index (χ3n) is 8.20. The molecule has 0 aliphatic carbocycles. The lowest BCUT2D eigenvalue weighted by atomic mass is 10.0. The van der Waals surface area contributed by atoms with Crippen LogP contribution >= 0.6 is 0 Å². The normalized spacial score (nSPS) is 13.7. The van der Waals surface area contributed by atoms with Crippen molar-refractivity contribution in [2.75, 3.05) is 24.1 Å². The minimum atomic E-state index is 0.172. The summed E-state index contributed by atoms with van der Waals surface area (Å²) in [5.41, 5.74) is 12.5. The SMILES string of the molecule is N#Cc1nccc(NC2CCN(Cc3ccc(-n4c(-c5cccnc5N)nc5ccc(-c6ccccc6C#N)nc54)cc3)CC2)n1. The van der Waals surface area contributed by atoms with E-state index in [0.29, 0.717) is 51.5 Å². The molecule has 0 saturated carbocycles. The van der Waals surface area contributed by atoms with Crippen LogP contribution in [-0.2, 0) is 6.54 Å². The summed E-state index contributed by atoms with van der Waals surface area (Å²) in [5, 5.41) is 22.2. The average molecular weight is 604 g/mol. The molecular weight excluding hydrogens is 574 g/mol. The molecule has 2 aromatic carbocycles. The van der Waals surface area contributed by atoms with Crippen molar-refractivity contribution in [2.45, 2.75) is 25.4 Å². The van der Waals surface area contributed by atoms with Gasteiger partial charge in [-0.05, 0) is 66.9 Å². The van der Waals surface area contributed by atoms with Crippen LogP contribution in [0.2, 0.25) is 0 Å². The fraction of sp³-hybridized carbons (Fsp3) is 0.171. The number of piperidine rings is 1. The molecule has 46 heavy (non-hydrogen) atoms. The Kier molecular flexibility index (Phi) is 7.73. The van der Waals surface area contributed by atoms with Crippen molar-refractivity contribution in [3.8, 4) is 40.5 Å². The molecule has 1 fully saturated rings. The molecule has 0 radical (unpaired) electrons. The van der Waals surface area contributed by atoms with Gasteiger partial charge in [0.25, 0.3) is 0 Å². The highest BCUT2D eigenvalue weighted by atomic mass is 15.2. The number of nitrogen functional groups attached to an aromatic ring is 1. The maximum absolute atomic E-state index is 9.71. The Morgan fingerprint density at radius 2 is 1.61 bits per heavy atom. The van der Waals surface area contributed by atoms with Crippen molar-refractivity contribution in [2.24, 2.45) is 0 Å². The zero-order valence-electron chi connectivity index (χ0n) is 24.9. The molecule has 11 heteroatoms. The molecule has 1 aliphatic heterocycles. The van der Waals surface area contributed by atoms with Gasteiger partial charge in [0.1, 0.15) is 23.2 Å². The number of anilines is 2. The first-order chi connectivity index (χ1) is 22.6. The number of fused-ring (bicyclic) bond motifs is 1. The summed E-state index contributed by atoms with van der Waals surface area (Å²) in [4.78, 5) is 24.9. The third-order valence-corrected chi connectivity index (χ3v) is 8.20. The fourth-order valence-electron chi connectivity index (χ4n) is 5.89. The highest BCUT2D eigenvalue weighted by molar-refractivity contribution is 5.85. The van der Waals surface area contributed by atoms with Gasteiger partial charge in [-0.3, -0.25) is 9.47 Å². The van der Waals surface area contributed by atoms with Crippen molar-refractivity contribution >= 4 is 22.8 Å². The molecule has 11 nitrogen and oxygen atoms in total. The van der Waals surface area contributed by atoms with Crippen LogP contribution in [0.3, 0.4) is 0 Å². The van der Waals surface area contributed by atoms with E-state index in [0.717, 1.165) is 43.7 Å². The Bertz CT molecular complexity index is 2110. The maximum Gasteiger partial charge on any atom is 0.234 e. The van der Waals surface area contributed by atoms with Gasteiger partial charge in [-0.2, -0.15) is 10.5 Å². The van der Waals surface area contributed by atoms with E-state index in [1.165, 1.54) is 5.56 Å². The summed E-state index contributed by atoms with van der Waals surface area (Å²) in [6, 6.07) is 29.8. The van der Waals surface area contributed by atoms with Gasteiger partial charge in [-0.1, -0.05) is 30.3 Å². The van der Waals surface area contributed by atoms with Gasteiger partial charge in [-0.25, -0.2) is 24.9 Å². The number of aromatic nitrogens is 6. The Morgan fingerprint density at radius 3 is 2.39 bits per heavy atom. The molecular formula is C35H29N11. The molecule has 0 unspecified atom stereocenters. The predicted molar refractivity (Wildman–Crippen MR) is 175 cm³/mol. The number of hydrogen-bond donors (Lipinski definition) is 2. The first kappa shape index (κ1) is 28.6. The zero-order valence-corrected chi connectivity index (χ0v) is 24.9. The fourth-order valence-corrected chi connectivity index (χ4v) is 5.89. The quantitative estimate of drug-likeness (QED) is 0.244. The summed E-state index contributed by atoms with van der Waals surface area (Å²) >= 11 is 0. The van der Waals surface area contributed by atoms with E-state index in [1.54, 1.807) is 24.5 Å². The van der Waals surface area contributed by atoms with Crippen LogP contribution in [0.25, 0.3) is 39.5 Å². The number of rotatable bonds is 7. The molecule has 1 aliphatic rings. The number of nitrogens with zero attached hydrogens (tertiary/aromatic N) is 9. The van der Waals surface area contributed by atoms with E-state index in [4.69, 9.17) is 21.0 Å². The summed E-state index contributed by atoms with van der Waals surface area (Å²) in [6.45, 7) is 2.73. The number of benzene rings is 2. The Balaban J connectivity index is 1.15. The number of hydrogen-bond acceptors (Lipinski definition) is 10. The van der Waals surface area contributed by atoms with E-state index >= 15 is 0 Å². The highest BCUT2D eigenvalue weighted by Crippen LogP contribution is 2.32. The van der Waals surface area contributed by atoms with E-state index in [-0.39, 0.29) is 5.82 Å². The lowest BCUT2D eigenvalue weighted by Gasteiger charge is -2.32. The highest BCUT2D eigenvalue weighted by Gasteiger charge is 2.21. The van der Waals surface area contributed by atoms with Crippen LogP contribution in [0.15, 0.2) is 91.3 Å². The van der Waals surface area contributed by atoms with Crippen molar-refractivity contribution in [3.05, 3.63) is 108 Å². The number of nitrogens with two attached hydrogens (primary N) is 1. The average Bonchev–Trinajstić information content (AvgIpc) is 3.48. The standard InChI is InChI=1S/C35H29N11/c36-20-24-4-1-2-5-27(24)29-11-12-30-35(42-29)46(34(43-30)28-6-3-16-40-33(28)38)26-9-7-23(8-10-26)22-45-18-14-25(15-19-45)41-31-13-17-39-32(21-37)44-31/h1-13,16-17,25H,14-15,18-19,22H2,(H2,38,40)(H,39,41,44). The van der Waals surface area contributed by atoms with Crippen LogP contribution < -0.4 is 11.1 Å². The first-order valence-corrected chi connectivity index (χ1v) is 15.0. The minimum Gasteiger partial charge on any atom is -0.383 e. The summed E-state index contributed by atoms with van der Waals surface area (Å²) < 4.78 is 2.01. The Labute approximate surface area is 265 Å². The first-order valence-electron chi connectivity index (χ1n) is 15.0. The van der Waals surface area contributed by atoms with E-state index in [1.807, 2.05) is 53.1 Å². The van der Waals surface area contributed by atoms with Crippen LogP contribution in [-0.4, -0.2) is 53.5 Å². The van der Waals surface area contributed by atoms with Crippen LogP contribution in [0.4, 0.5) is 11.6 Å². The molecule has 0 spiro atoms. The van der Waals surface area contributed by atoms with Crippen molar-refractivity contribution < 1.29 is 0 Å². The van der Waals surface area contributed by atoms with Gasteiger partial charge in [0.2, 0.25) is 5.82 Å². The lowest BCUT2D eigenvalue weighted by molar-refractivity contribution is 0.211. The Morgan fingerprint density at radius 1 is 0.804 bits per heavy atom. The second-order valence-corrected chi connectivity index (χ2v) is 11.1. The largest absolute Gasteiger partial charge is 0.383 e. The number of pyridine rings is 2. The molecule has 224 valence electrons. The lowest BCUT2D eigenvalue weighted by Crippen LogP contribution is -2.38. The molecule has 0 bridgehead atoms. The van der Waals surface area contributed by atoms with Gasteiger partial charge in [0, 0.05) is 49.3 Å². The maximum atomic E-state index is 9.71. The summed E-state index contributed by atoms with van der Waals surface area (Å²) in [6.07, 6.45) is 5.22. The Hall–Kier alpha value is -6.17. The van der Waals surface area contributed by atoms with Crippen molar-refractivity contribution in [3.63, 3.8) is 0 Å². The topological polar surface area (TPSA) is 158 Å². The third kappa shape index (κ3) is 5.71. The zero-order chi connectivity index (χ0) is 31.5. The van der Waals surface area contributed by atoms with Gasteiger partial charge in [-0.15, -0.1) is 0 Å². The number of nitrogens with one attached hydrogen (secondary N) is 1. The van der Waals surface area contributed by atoms with E-state index < -0.39 is 0 Å². The predicted octanol–water partition coefficient (Wildman–Crippen LogP) is 5.34. The van der Waals surface area contributed by atoms with Gasteiger partial charge in [0.05, 0.1) is 22.9 Å². The van der Waals surface area contributed by atoms with Crippen LogP contribution in [0.5, 0.6) is 0 Å². The number of likely N-dealkylation sites (tertiary alicyclic amines) is 1. The van der Waals surface area contributed by atoms with Crippen LogP contribution in [0, 0.1) is 22.7 Å². The van der Waals surface area contributed by atoms with Crippen molar-refractivity contribution in [1.29, 1.82) is 10.5 Å². The van der Waals surface area contributed by atoms with E-state index in [2.05, 4.69) is 55.5 Å². The summed E-state index contributed by atoms with van der Waals surface area (Å²) in [5.74, 6) is 1.89. The van der Waals surface area contributed by atoms with Crippen LogP contribution in [0.1, 0.15) is 29.8 Å². The monoisotopic (exact) mass is 603 g/mol. The molecule has 0 atom stereocenters. The molecule has 4 aromatic heterocycles. The molecule has 3 N–H and O–H groups in total. The molecule has 1 saturated heterocycles. The summed E-state index contributed by atoms with van der Waals surface area (Å²) in [7, 11) is 0. The van der Waals surface area contributed by atoms with Gasteiger partial charge >= 0.3 is 0 Å². The number of nitriles is 2. The van der Waals surface area contributed by atoms with Gasteiger partial charge < -0.3 is 11.1 Å².